The molecule has 0 bridgehead atoms. The van der Waals surface area contributed by atoms with Crippen molar-refractivity contribution in [2.45, 2.75) is 32.0 Å². The zero-order valence-corrected chi connectivity index (χ0v) is 11.3. The molecule has 112 valence electrons. The number of alkyl halides is 3. The number of halogens is 3. The number of carbonyl (C=O) groups excluding carboxylic acids is 1. The van der Waals surface area contributed by atoms with Crippen molar-refractivity contribution in [3.05, 3.63) is 11.8 Å². The van der Waals surface area contributed by atoms with E-state index in [1.165, 1.54) is 7.05 Å². The van der Waals surface area contributed by atoms with Crippen LogP contribution in [0.5, 0.6) is 0 Å². The third kappa shape index (κ3) is 4.56. The Kier molecular flexibility index (Phi) is 4.41. The fourth-order valence-corrected chi connectivity index (χ4v) is 1.59. The highest BCUT2D eigenvalue weighted by Gasteiger charge is 2.34. The van der Waals surface area contributed by atoms with Gasteiger partial charge in [-0.15, -0.1) is 0 Å². The maximum atomic E-state index is 12.7. The summed E-state index contributed by atoms with van der Waals surface area (Å²) in [6.45, 7) is 3.26. The SMILES string of the molecule is CNc1nc(NC(C)(C)CC(N)=O)cc(C(F)(F)F)n1. The second kappa shape index (κ2) is 5.51. The average Bonchev–Trinajstić information content (AvgIpc) is 2.24. The minimum absolute atomic E-state index is 0.0390. The Morgan fingerprint density at radius 1 is 1.35 bits per heavy atom. The van der Waals surface area contributed by atoms with Crippen molar-refractivity contribution in [2.75, 3.05) is 17.7 Å². The molecule has 1 heterocycles. The monoisotopic (exact) mass is 291 g/mol. The number of nitrogens with two attached hydrogens (primary N) is 1. The predicted molar refractivity (Wildman–Crippen MR) is 68.1 cm³/mol. The molecule has 0 saturated carbocycles. The Labute approximate surface area is 114 Å². The molecule has 0 aliphatic carbocycles. The van der Waals surface area contributed by atoms with Crippen LogP contribution >= 0.6 is 0 Å². The molecule has 1 aromatic rings. The van der Waals surface area contributed by atoms with Gasteiger partial charge < -0.3 is 16.4 Å². The Balaban J connectivity index is 3.09. The summed E-state index contributed by atoms with van der Waals surface area (Å²) < 4.78 is 38.1. The van der Waals surface area contributed by atoms with Crippen molar-refractivity contribution >= 4 is 17.7 Å². The van der Waals surface area contributed by atoms with Gasteiger partial charge in [0.1, 0.15) is 5.82 Å². The van der Waals surface area contributed by atoms with E-state index in [1.54, 1.807) is 13.8 Å². The largest absolute Gasteiger partial charge is 0.433 e. The Bertz CT molecular complexity index is 501. The minimum Gasteiger partial charge on any atom is -0.370 e. The van der Waals surface area contributed by atoms with E-state index >= 15 is 0 Å². The number of carbonyl (C=O) groups is 1. The average molecular weight is 291 g/mol. The number of nitrogens with one attached hydrogen (secondary N) is 2. The van der Waals surface area contributed by atoms with E-state index in [9.17, 15) is 18.0 Å². The fraction of sp³-hybridized carbons (Fsp3) is 0.545. The van der Waals surface area contributed by atoms with E-state index in [0.717, 1.165) is 6.07 Å². The molecule has 4 N–H and O–H groups in total. The quantitative estimate of drug-likeness (QED) is 0.766. The van der Waals surface area contributed by atoms with E-state index in [-0.39, 0.29) is 18.2 Å². The van der Waals surface area contributed by atoms with Crippen LogP contribution in [0.4, 0.5) is 24.9 Å². The summed E-state index contributed by atoms with van der Waals surface area (Å²) >= 11 is 0. The molecule has 0 fully saturated rings. The standard InChI is InChI=1S/C11H16F3N5O/c1-10(2,5-7(15)20)19-8-4-6(11(12,13)14)17-9(16-3)18-8/h4H,5H2,1-3H3,(H2,15,20)(H2,16,17,18,19). The molecule has 9 heteroatoms. The molecule has 0 aliphatic rings. The summed E-state index contributed by atoms with van der Waals surface area (Å²) in [5, 5.41) is 5.20. The zero-order valence-electron chi connectivity index (χ0n) is 11.3. The molecular formula is C11H16F3N5O. The zero-order chi connectivity index (χ0) is 15.6. The smallest absolute Gasteiger partial charge is 0.370 e. The third-order valence-corrected chi connectivity index (χ3v) is 2.32. The summed E-state index contributed by atoms with van der Waals surface area (Å²) in [6.07, 6.45) is -4.63. The first-order valence-corrected chi connectivity index (χ1v) is 5.74. The number of hydrogen-bond acceptors (Lipinski definition) is 5. The van der Waals surface area contributed by atoms with Gasteiger partial charge in [-0.05, 0) is 13.8 Å². The van der Waals surface area contributed by atoms with Gasteiger partial charge in [0.05, 0.1) is 0 Å². The Morgan fingerprint density at radius 3 is 2.40 bits per heavy atom. The maximum absolute atomic E-state index is 12.7. The summed E-state index contributed by atoms with van der Waals surface area (Å²) in [6, 6.07) is 0.781. The van der Waals surface area contributed by atoms with Crippen LogP contribution < -0.4 is 16.4 Å². The predicted octanol–water partition coefficient (Wildman–Crippen LogP) is 1.60. The Morgan fingerprint density at radius 2 is 1.95 bits per heavy atom. The highest BCUT2D eigenvalue weighted by Crippen LogP contribution is 2.30. The normalized spacial score (nSPS) is 12.1. The number of hydrogen-bond donors (Lipinski definition) is 3. The lowest BCUT2D eigenvalue weighted by Crippen LogP contribution is -2.36. The highest BCUT2D eigenvalue weighted by atomic mass is 19.4. The van der Waals surface area contributed by atoms with Crippen molar-refractivity contribution in [1.82, 2.24) is 9.97 Å². The van der Waals surface area contributed by atoms with Gasteiger partial charge in [-0.25, -0.2) is 4.98 Å². The lowest BCUT2D eigenvalue weighted by molar-refractivity contribution is -0.141. The number of nitrogens with zero attached hydrogens (tertiary/aromatic N) is 2. The van der Waals surface area contributed by atoms with Gasteiger partial charge in [0.15, 0.2) is 5.69 Å². The van der Waals surface area contributed by atoms with Crippen molar-refractivity contribution in [2.24, 2.45) is 5.73 Å². The molecule has 0 atom stereocenters. The van der Waals surface area contributed by atoms with Crippen molar-refractivity contribution in [1.29, 1.82) is 0 Å². The Hall–Kier alpha value is -2.06. The number of aromatic nitrogens is 2. The molecule has 6 nitrogen and oxygen atoms in total. The van der Waals surface area contributed by atoms with Crippen LogP contribution in [0.25, 0.3) is 0 Å². The molecule has 1 rings (SSSR count). The van der Waals surface area contributed by atoms with Crippen LogP contribution in [0, 0.1) is 0 Å². The first-order chi connectivity index (χ1) is 9.03. The molecule has 0 aromatic carbocycles. The van der Waals surface area contributed by atoms with E-state index in [2.05, 4.69) is 20.6 Å². The van der Waals surface area contributed by atoms with Gasteiger partial charge in [-0.1, -0.05) is 0 Å². The molecule has 0 aliphatic heterocycles. The van der Waals surface area contributed by atoms with Gasteiger partial charge in [-0.2, -0.15) is 18.2 Å². The van der Waals surface area contributed by atoms with Crippen LogP contribution in [-0.4, -0.2) is 28.5 Å². The van der Waals surface area contributed by atoms with Crippen LogP contribution in [-0.2, 0) is 11.0 Å². The number of rotatable bonds is 5. The molecule has 0 unspecified atom stereocenters. The molecule has 0 spiro atoms. The van der Waals surface area contributed by atoms with Gasteiger partial charge in [-0.3, -0.25) is 4.79 Å². The van der Waals surface area contributed by atoms with Crippen molar-refractivity contribution in [3.63, 3.8) is 0 Å². The van der Waals surface area contributed by atoms with Crippen molar-refractivity contribution < 1.29 is 18.0 Å². The second-order valence-electron chi connectivity index (χ2n) is 4.86. The van der Waals surface area contributed by atoms with E-state index < -0.39 is 23.3 Å². The van der Waals surface area contributed by atoms with Crippen LogP contribution in [0.3, 0.4) is 0 Å². The molecule has 1 aromatic heterocycles. The van der Waals surface area contributed by atoms with Gasteiger partial charge in [0.25, 0.3) is 0 Å². The lowest BCUT2D eigenvalue weighted by Gasteiger charge is -2.25. The van der Waals surface area contributed by atoms with Gasteiger partial charge in [0.2, 0.25) is 11.9 Å². The lowest BCUT2D eigenvalue weighted by atomic mass is 10.0. The summed E-state index contributed by atoms with van der Waals surface area (Å²) in [5.74, 6) is -0.776. The van der Waals surface area contributed by atoms with Crippen LogP contribution in [0.2, 0.25) is 0 Å². The van der Waals surface area contributed by atoms with Crippen molar-refractivity contribution in [3.8, 4) is 0 Å². The molecule has 0 saturated heterocycles. The molecular weight excluding hydrogens is 275 g/mol. The van der Waals surface area contributed by atoms with E-state index in [1.807, 2.05) is 0 Å². The second-order valence-corrected chi connectivity index (χ2v) is 4.86. The first kappa shape index (κ1) is 16.0. The number of amides is 1. The molecule has 1 amide bonds. The fourth-order valence-electron chi connectivity index (χ4n) is 1.59. The van der Waals surface area contributed by atoms with Crippen LogP contribution in [0.15, 0.2) is 6.07 Å². The van der Waals surface area contributed by atoms with Gasteiger partial charge in [0, 0.05) is 25.1 Å². The topological polar surface area (TPSA) is 92.9 Å². The number of primary amides is 1. The third-order valence-electron chi connectivity index (χ3n) is 2.32. The molecule has 0 radical (unpaired) electrons. The van der Waals surface area contributed by atoms with E-state index in [4.69, 9.17) is 5.73 Å². The summed E-state index contributed by atoms with van der Waals surface area (Å²) in [4.78, 5) is 18.1. The van der Waals surface area contributed by atoms with E-state index in [0.29, 0.717) is 0 Å². The minimum atomic E-state index is -4.58. The highest BCUT2D eigenvalue weighted by molar-refractivity contribution is 5.75. The summed E-state index contributed by atoms with van der Waals surface area (Å²) in [5.41, 5.74) is 3.18. The van der Waals surface area contributed by atoms with Crippen LogP contribution in [0.1, 0.15) is 26.0 Å². The maximum Gasteiger partial charge on any atom is 0.433 e. The number of anilines is 2. The summed E-state index contributed by atoms with van der Waals surface area (Å²) in [7, 11) is 1.41. The first-order valence-electron chi connectivity index (χ1n) is 5.74. The molecule has 20 heavy (non-hydrogen) atoms. The van der Waals surface area contributed by atoms with Gasteiger partial charge >= 0.3 is 6.18 Å².